The molecule has 0 saturated heterocycles. The van der Waals surface area contributed by atoms with Crippen molar-refractivity contribution in [2.24, 2.45) is 0 Å². The highest BCUT2D eigenvalue weighted by Gasteiger charge is 2.16. The van der Waals surface area contributed by atoms with Crippen molar-refractivity contribution < 1.29 is 4.42 Å². The Kier molecular flexibility index (Phi) is 5.38. The topological polar surface area (TPSA) is 64.7 Å². The summed E-state index contributed by atoms with van der Waals surface area (Å²) in [5.41, 5.74) is 10.2. The number of aromatic nitrogens is 4. The second kappa shape index (κ2) is 9.50. The molecule has 0 bridgehead atoms. The fourth-order valence-corrected chi connectivity index (χ4v) is 5.56. The van der Waals surface area contributed by atoms with Crippen molar-refractivity contribution in [3.05, 3.63) is 134 Å². The number of fused-ring (bicyclic) bond motifs is 4. The van der Waals surface area contributed by atoms with Crippen molar-refractivity contribution in [2.75, 3.05) is 0 Å². The zero-order chi connectivity index (χ0) is 27.2. The first-order valence-corrected chi connectivity index (χ1v) is 13.5. The number of hydrogen-bond donors (Lipinski definition) is 0. The van der Waals surface area contributed by atoms with Crippen LogP contribution >= 0.6 is 0 Å². The van der Waals surface area contributed by atoms with E-state index < -0.39 is 0 Å². The maximum atomic E-state index is 6.36. The SMILES string of the molecule is c1ccc(-c2cc(-c3ccc4oc5cccc(-c6cccc7ncccc67)c5c4c3)cc(-c3ccccn3)n2)nc1. The fourth-order valence-electron chi connectivity index (χ4n) is 5.56. The quantitative estimate of drug-likeness (QED) is 0.229. The van der Waals surface area contributed by atoms with Gasteiger partial charge >= 0.3 is 0 Å². The van der Waals surface area contributed by atoms with Crippen molar-refractivity contribution >= 4 is 32.8 Å². The molecule has 5 nitrogen and oxygen atoms in total. The standard InChI is InChI=1S/C36H22N4O/c1-3-17-38-30(11-1)32-21-24(22-33(40-32)31-12-2-4-18-39-31)23-15-16-34-28(20-23)36-27(9-6-14-35(36)41-34)25-8-5-13-29-26(25)10-7-19-37-29/h1-22H. The van der Waals surface area contributed by atoms with Gasteiger partial charge in [0.25, 0.3) is 0 Å². The lowest BCUT2D eigenvalue weighted by Crippen LogP contribution is -1.93. The number of nitrogens with zero attached hydrogens (tertiary/aromatic N) is 4. The van der Waals surface area contributed by atoms with E-state index in [1.807, 2.05) is 60.8 Å². The molecule has 8 rings (SSSR count). The normalized spacial score (nSPS) is 11.4. The molecule has 192 valence electrons. The molecule has 0 aliphatic heterocycles. The predicted molar refractivity (Wildman–Crippen MR) is 164 cm³/mol. The summed E-state index contributed by atoms with van der Waals surface area (Å²) in [5.74, 6) is 0. The molecule has 0 unspecified atom stereocenters. The molecule has 0 fully saturated rings. The first kappa shape index (κ1) is 23.2. The number of pyridine rings is 4. The van der Waals surface area contributed by atoms with Crippen LogP contribution in [0.1, 0.15) is 0 Å². The minimum absolute atomic E-state index is 0.796. The molecule has 5 heterocycles. The molecule has 8 aromatic rings. The van der Waals surface area contributed by atoms with Gasteiger partial charge in [-0.2, -0.15) is 0 Å². The van der Waals surface area contributed by atoms with Gasteiger partial charge in [-0.25, -0.2) is 4.98 Å². The summed E-state index contributed by atoms with van der Waals surface area (Å²) < 4.78 is 6.36. The highest BCUT2D eigenvalue weighted by atomic mass is 16.3. The molecule has 0 radical (unpaired) electrons. The zero-order valence-electron chi connectivity index (χ0n) is 21.9. The van der Waals surface area contributed by atoms with Crippen molar-refractivity contribution in [3.8, 4) is 45.0 Å². The molecular formula is C36H22N4O. The van der Waals surface area contributed by atoms with E-state index in [0.717, 1.165) is 77.9 Å². The van der Waals surface area contributed by atoms with Gasteiger partial charge < -0.3 is 4.42 Å². The number of benzene rings is 3. The van der Waals surface area contributed by atoms with Crippen LogP contribution in [0.5, 0.6) is 0 Å². The zero-order valence-corrected chi connectivity index (χ0v) is 21.9. The van der Waals surface area contributed by atoms with Crippen molar-refractivity contribution in [2.45, 2.75) is 0 Å². The van der Waals surface area contributed by atoms with E-state index in [2.05, 4.69) is 75.6 Å². The molecule has 0 N–H and O–H groups in total. The molecule has 0 amide bonds. The number of hydrogen-bond acceptors (Lipinski definition) is 5. The molecule has 0 aliphatic carbocycles. The predicted octanol–water partition coefficient (Wildman–Crippen LogP) is 8.99. The van der Waals surface area contributed by atoms with Gasteiger partial charge in [0.1, 0.15) is 11.2 Å². The van der Waals surface area contributed by atoms with E-state index in [1.54, 1.807) is 12.4 Å². The van der Waals surface area contributed by atoms with Crippen LogP contribution in [0.15, 0.2) is 138 Å². The number of rotatable bonds is 4. The molecule has 41 heavy (non-hydrogen) atoms. The van der Waals surface area contributed by atoms with E-state index in [0.29, 0.717) is 0 Å². The Morgan fingerprint density at radius 1 is 0.439 bits per heavy atom. The van der Waals surface area contributed by atoms with E-state index in [9.17, 15) is 0 Å². The van der Waals surface area contributed by atoms with Gasteiger partial charge in [0.15, 0.2) is 0 Å². The smallest absolute Gasteiger partial charge is 0.136 e. The van der Waals surface area contributed by atoms with Crippen LogP contribution in [0.2, 0.25) is 0 Å². The highest BCUT2D eigenvalue weighted by molar-refractivity contribution is 6.15. The monoisotopic (exact) mass is 526 g/mol. The average Bonchev–Trinajstić information content (AvgIpc) is 3.43. The van der Waals surface area contributed by atoms with Gasteiger partial charge in [0.05, 0.1) is 28.3 Å². The lowest BCUT2D eigenvalue weighted by atomic mass is 9.95. The van der Waals surface area contributed by atoms with E-state index >= 15 is 0 Å². The molecule has 3 aromatic carbocycles. The summed E-state index contributed by atoms with van der Waals surface area (Å²) in [5, 5.41) is 3.26. The van der Waals surface area contributed by atoms with Crippen LogP contribution in [-0.2, 0) is 0 Å². The molecule has 5 aromatic heterocycles. The van der Waals surface area contributed by atoms with Gasteiger partial charge in [-0.15, -0.1) is 0 Å². The minimum Gasteiger partial charge on any atom is -0.456 e. The average molecular weight is 527 g/mol. The highest BCUT2D eigenvalue weighted by Crippen LogP contribution is 2.40. The summed E-state index contributed by atoms with van der Waals surface area (Å²) in [4.78, 5) is 18.6. The largest absolute Gasteiger partial charge is 0.456 e. The van der Waals surface area contributed by atoms with Crippen LogP contribution in [-0.4, -0.2) is 19.9 Å². The van der Waals surface area contributed by atoms with Crippen molar-refractivity contribution in [1.29, 1.82) is 0 Å². The summed E-state index contributed by atoms with van der Waals surface area (Å²) >= 11 is 0. The Hall–Kier alpha value is -5.68. The van der Waals surface area contributed by atoms with Crippen LogP contribution in [0.4, 0.5) is 0 Å². The summed E-state index contributed by atoms with van der Waals surface area (Å²) in [6.07, 6.45) is 5.41. The Bertz CT molecular complexity index is 2140. The maximum absolute atomic E-state index is 6.36. The van der Waals surface area contributed by atoms with Gasteiger partial charge in [0.2, 0.25) is 0 Å². The Balaban J connectivity index is 1.36. The molecule has 5 heteroatoms. The first-order valence-electron chi connectivity index (χ1n) is 13.5. The minimum atomic E-state index is 0.796. The van der Waals surface area contributed by atoms with E-state index in [1.165, 1.54) is 0 Å². The summed E-state index contributed by atoms with van der Waals surface area (Å²) in [7, 11) is 0. The van der Waals surface area contributed by atoms with Gasteiger partial charge in [-0.1, -0.05) is 48.5 Å². The Morgan fingerprint density at radius 2 is 1.17 bits per heavy atom. The van der Waals surface area contributed by atoms with Gasteiger partial charge in [-0.3, -0.25) is 15.0 Å². The van der Waals surface area contributed by atoms with E-state index in [-0.39, 0.29) is 0 Å². The summed E-state index contributed by atoms with van der Waals surface area (Å²) in [6, 6.07) is 38.9. The maximum Gasteiger partial charge on any atom is 0.136 e. The summed E-state index contributed by atoms with van der Waals surface area (Å²) in [6.45, 7) is 0. The van der Waals surface area contributed by atoms with Crippen LogP contribution in [0, 0.1) is 0 Å². The third-order valence-corrected chi connectivity index (χ3v) is 7.44. The molecular weight excluding hydrogens is 504 g/mol. The fraction of sp³-hybridized carbons (Fsp3) is 0. The Labute approximate surface area is 235 Å². The lowest BCUT2D eigenvalue weighted by Gasteiger charge is -2.10. The number of furan rings is 1. The van der Waals surface area contributed by atoms with Crippen LogP contribution in [0.25, 0.3) is 77.9 Å². The van der Waals surface area contributed by atoms with Crippen LogP contribution in [0.3, 0.4) is 0 Å². The molecule has 0 spiro atoms. The lowest BCUT2D eigenvalue weighted by molar-refractivity contribution is 0.669. The van der Waals surface area contributed by atoms with Gasteiger partial charge in [-0.05, 0) is 89.0 Å². The second-order valence-corrected chi connectivity index (χ2v) is 9.92. The first-order chi connectivity index (χ1) is 20.3. The van der Waals surface area contributed by atoms with Gasteiger partial charge in [0, 0.05) is 34.7 Å². The molecule has 0 aliphatic rings. The second-order valence-electron chi connectivity index (χ2n) is 9.92. The third-order valence-electron chi connectivity index (χ3n) is 7.44. The molecule has 0 atom stereocenters. The molecule has 0 saturated carbocycles. The Morgan fingerprint density at radius 3 is 1.93 bits per heavy atom. The third kappa shape index (κ3) is 4.03. The van der Waals surface area contributed by atoms with Crippen molar-refractivity contribution in [3.63, 3.8) is 0 Å². The van der Waals surface area contributed by atoms with Crippen LogP contribution < -0.4 is 0 Å². The van der Waals surface area contributed by atoms with E-state index in [4.69, 9.17) is 9.40 Å². The van der Waals surface area contributed by atoms with Crippen molar-refractivity contribution in [1.82, 2.24) is 19.9 Å².